The summed E-state index contributed by atoms with van der Waals surface area (Å²) in [5.41, 5.74) is 1.45. The molecular formula is C7H7Sn+3. The van der Waals surface area contributed by atoms with Crippen LogP contribution in [0.25, 0.3) is 0 Å². The van der Waals surface area contributed by atoms with E-state index in [4.69, 9.17) is 0 Å². The van der Waals surface area contributed by atoms with Crippen molar-refractivity contribution in [3.8, 4) is 0 Å². The van der Waals surface area contributed by atoms with Gasteiger partial charge in [0.25, 0.3) is 0 Å². The molecule has 0 N–H and O–H groups in total. The molecule has 1 heteroatoms. The zero-order chi connectivity index (χ0) is 5.82. The minimum absolute atomic E-state index is 1.23. The fraction of sp³-hybridized carbons (Fsp3) is 0.143. The predicted octanol–water partition coefficient (Wildman–Crippen LogP) is 1.36. The van der Waals surface area contributed by atoms with Crippen LogP contribution >= 0.6 is 0 Å². The number of rotatable bonds is 1. The quantitative estimate of drug-likeness (QED) is 0.613. The Morgan fingerprint density at radius 2 is 1.75 bits per heavy atom. The van der Waals surface area contributed by atoms with Crippen LogP contribution in [0.5, 0.6) is 0 Å². The van der Waals surface area contributed by atoms with Crippen LogP contribution in [-0.2, 0) is 4.44 Å². The molecule has 36 valence electrons. The third-order valence-electron chi connectivity index (χ3n) is 1.05. The van der Waals surface area contributed by atoms with Crippen LogP contribution in [0.15, 0.2) is 30.3 Å². The van der Waals surface area contributed by atoms with Gasteiger partial charge >= 0.3 is 62.9 Å². The Hall–Kier alpha value is 0.0187. The van der Waals surface area contributed by atoms with E-state index in [2.05, 4.69) is 30.3 Å². The normalized spacial score (nSPS) is 9.25. The molecule has 0 atom stereocenters. The Morgan fingerprint density at radius 1 is 1.12 bits per heavy atom. The van der Waals surface area contributed by atoms with Gasteiger partial charge < -0.3 is 0 Å². The third-order valence-corrected chi connectivity index (χ3v) is 2.21. The van der Waals surface area contributed by atoms with E-state index < -0.39 is 0 Å². The first-order valence-electron chi connectivity index (χ1n) is 2.62. The van der Waals surface area contributed by atoms with Crippen molar-refractivity contribution in [3.05, 3.63) is 35.9 Å². The van der Waals surface area contributed by atoms with E-state index in [-0.39, 0.29) is 0 Å². The topological polar surface area (TPSA) is 0 Å². The summed E-state index contributed by atoms with van der Waals surface area (Å²) in [5, 5.41) is 0. The van der Waals surface area contributed by atoms with E-state index in [0.29, 0.717) is 0 Å². The van der Waals surface area contributed by atoms with Gasteiger partial charge in [-0.15, -0.1) is 0 Å². The molecule has 0 saturated carbocycles. The second-order valence-corrected chi connectivity index (χ2v) is 2.67. The van der Waals surface area contributed by atoms with E-state index in [1.807, 2.05) is 0 Å². The van der Waals surface area contributed by atoms with Gasteiger partial charge in [-0.25, -0.2) is 0 Å². The number of hydrogen-bond acceptors (Lipinski definition) is 0. The maximum atomic E-state index is 2.16. The average Bonchev–Trinajstić information content (AvgIpc) is 1.90. The van der Waals surface area contributed by atoms with E-state index in [1.165, 1.54) is 10.0 Å². The molecule has 0 fully saturated rings. The Balaban J connectivity index is 2.83. The monoisotopic (exact) mass is 211 g/mol. The van der Waals surface area contributed by atoms with Crippen molar-refractivity contribution in [2.45, 2.75) is 4.44 Å². The molecule has 0 aliphatic heterocycles. The Labute approximate surface area is 63.0 Å². The van der Waals surface area contributed by atoms with Gasteiger partial charge in [0.2, 0.25) is 0 Å². The van der Waals surface area contributed by atoms with E-state index >= 15 is 0 Å². The molecule has 1 aromatic rings. The van der Waals surface area contributed by atoms with Crippen LogP contribution in [-0.4, -0.2) is 22.5 Å². The second-order valence-electron chi connectivity index (χ2n) is 1.66. The van der Waals surface area contributed by atoms with Crippen LogP contribution in [0.1, 0.15) is 5.56 Å². The van der Waals surface area contributed by atoms with Crippen LogP contribution in [0.3, 0.4) is 0 Å². The predicted molar refractivity (Wildman–Crippen MR) is 35.9 cm³/mol. The van der Waals surface area contributed by atoms with E-state index in [1.54, 1.807) is 22.5 Å². The summed E-state index contributed by atoms with van der Waals surface area (Å²) in [5.74, 6) is 0. The van der Waals surface area contributed by atoms with Crippen molar-refractivity contribution >= 4 is 22.5 Å². The molecule has 0 aliphatic rings. The SMILES string of the molecule is [Sn+3][CH2]c1ccccc1. The first-order chi connectivity index (χ1) is 3.93. The van der Waals surface area contributed by atoms with Gasteiger partial charge in [0.05, 0.1) is 0 Å². The number of hydrogen-bond donors (Lipinski definition) is 0. The van der Waals surface area contributed by atoms with Gasteiger partial charge in [-0.1, -0.05) is 0 Å². The molecule has 0 aromatic heterocycles. The van der Waals surface area contributed by atoms with Crippen LogP contribution < -0.4 is 0 Å². The summed E-state index contributed by atoms with van der Waals surface area (Å²) >= 11 is 1.59. The van der Waals surface area contributed by atoms with Crippen molar-refractivity contribution in [1.82, 2.24) is 0 Å². The Bertz CT molecular complexity index is 146. The van der Waals surface area contributed by atoms with Crippen molar-refractivity contribution in [2.75, 3.05) is 0 Å². The summed E-state index contributed by atoms with van der Waals surface area (Å²) in [4.78, 5) is 0. The summed E-state index contributed by atoms with van der Waals surface area (Å²) < 4.78 is 1.23. The zero-order valence-electron chi connectivity index (χ0n) is 4.59. The molecule has 0 radical (unpaired) electrons. The molecule has 0 aliphatic carbocycles. The van der Waals surface area contributed by atoms with Gasteiger partial charge in [-0.2, -0.15) is 0 Å². The van der Waals surface area contributed by atoms with Crippen LogP contribution in [0.2, 0.25) is 0 Å². The summed E-state index contributed by atoms with van der Waals surface area (Å²) in [6.07, 6.45) is 0. The van der Waals surface area contributed by atoms with Gasteiger partial charge in [-0.3, -0.25) is 0 Å². The fourth-order valence-electron chi connectivity index (χ4n) is 0.596. The molecule has 0 unspecified atom stereocenters. The van der Waals surface area contributed by atoms with Crippen molar-refractivity contribution in [3.63, 3.8) is 0 Å². The summed E-state index contributed by atoms with van der Waals surface area (Å²) in [6, 6.07) is 10.5. The summed E-state index contributed by atoms with van der Waals surface area (Å²) in [6.45, 7) is 0. The Kier molecular flexibility index (Phi) is 2.40. The first kappa shape index (κ1) is 6.14. The van der Waals surface area contributed by atoms with Crippen molar-refractivity contribution < 1.29 is 0 Å². The molecule has 8 heavy (non-hydrogen) atoms. The molecule has 0 bridgehead atoms. The van der Waals surface area contributed by atoms with Crippen molar-refractivity contribution in [2.24, 2.45) is 0 Å². The van der Waals surface area contributed by atoms with Crippen LogP contribution in [0, 0.1) is 0 Å². The maximum absolute atomic E-state index is 2.16. The molecule has 0 spiro atoms. The number of benzene rings is 1. The van der Waals surface area contributed by atoms with E-state index in [9.17, 15) is 0 Å². The third kappa shape index (κ3) is 1.51. The molecule has 0 nitrogen and oxygen atoms in total. The fourth-order valence-corrected chi connectivity index (χ4v) is 1.27. The van der Waals surface area contributed by atoms with Gasteiger partial charge in [0.1, 0.15) is 0 Å². The molecule has 0 amide bonds. The first-order valence-corrected chi connectivity index (χ1v) is 4.64. The molecule has 0 saturated heterocycles. The van der Waals surface area contributed by atoms with E-state index in [0.717, 1.165) is 0 Å². The minimum atomic E-state index is 1.23. The Morgan fingerprint density at radius 3 is 2.12 bits per heavy atom. The molecule has 1 rings (SSSR count). The van der Waals surface area contributed by atoms with Crippen molar-refractivity contribution in [1.29, 1.82) is 0 Å². The zero-order valence-corrected chi connectivity index (χ0v) is 7.45. The standard InChI is InChI=1S/C7H7.Sn/c1-7-5-3-2-4-6-7;/h2-6H,1H2;/q;+3. The summed E-state index contributed by atoms with van der Waals surface area (Å²) in [7, 11) is 0. The van der Waals surface area contributed by atoms with Gasteiger partial charge in [0, 0.05) is 0 Å². The van der Waals surface area contributed by atoms with Gasteiger partial charge in [0.15, 0.2) is 0 Å². The second kappa shape index (κ2) is 3.13. The molecule has 1 aromatic carbocycles. The average molecular weight is 210 g/mol. The molecule has 0 heterocycles. The van der Waals surface area contributed by atoms with Crippen LogP contribution in [0.4, 0.5) is 0 Å². The molecular weight excluding hydrogens is 203 g/mol. The van der Waals surface area contributed by atoms with Gasteiger partial charge in [-0.05, 0) is 0 Å².